The maximum atomic E-state index is 12.3. The van der Waals surface area contributed by atoms with Crippen LogP contribution in [0.1, 0.15) is 38.2 Å². The van der Waals surface area contributed by atoms with Gasteiger partial charge in [-0.1, -0.05) is 25.0 Å². The van der Waals surface area contributed by atoms with Crippen LogP contribution in [0.2, 0.25) is 0 Å². The zero-order valence-corrected chi connectivity index (χ0v) is 14.2. The summed E-state index contributed by atoms with van der Waals surface area (Å²) in [6.45, 7) is 4.51. The van der Waals surface area contributed by atoms with E-state index in [1.54, 1.807) is 6.92 Å². The molecule has 4 nitrogen and oxygen atoms in total. The van der Waals surface area contributed by atoms with E-state index in [-0.39, 0.29) is 11.4 Å². The van der Waals surface area contributed by atoms with E-state index < -0.39 is 6.10 Å². The Labute approximate surface area is 133 Å². The Hall–Kier alpha value is -1.55. The highest BCUT2D eigenvalue weighted by Gasteiger charge is 2.36. The molecule has 0 spiro atoms. The molecule has 0 saturated heterocycles. The molecule has 122 valence electrons. The van der Waals surface area contributed by atoms with Crippen molar-refractivity contribution < 1.29 is 9.53 Å². The van der Waals surface area contributed by atoms with Crippen molar-refractivity contribution in [2.24, 2.45) is 0 Å². The number of hydrogen-bond acceptors (Lipinski definition) is 3. The summed E-state index contributed by atoms with van der Waals surface area (Å²) in [4.78, 5) is 14.6. The summed E-state index contributed by atoms with van der Waals surface area (Å²) >= 11 is 0. The zero-order valence-electron chi connectivity index (χ0n) is 14.2. The molecule has 1 aliphatic carbocycles. The Morgan fingerprint density at radius 3 is 2.64 bits per heavy atom. The van der Waals surface area contributed by atoms with Gasteiger partial charge >= 0.3 is 0 Å². The number of nitrogens with one attached hydrogen (secondary N) is 1. The second-order valence-electron chi connectivity index (χ2n) is 6.62. The Morgan fingerprint density at radius 2 is 2.05 bits per heavy atom. The lowest BCUT2D eigenvalue weighted by atomic mass is 9.96. The van der Waals surface area contributed by atoms with Crippen molar-refractivity contribution in [2.75, 3.05) is 20.6 Å². The van der Waals surface area contributed by atoms with Crippen LogP contribution in [0.15, 0.2) is 24.3 Å². The van der Waals surface area contributed by atoms with Crippen molar-refractivity contribution >= 4 is 5.91 Å². The highest BCUT2D eigenvalue weighted by molar-refractivity contribution is 5.80. The van der Waals surface area contributed by atoms with Gasteiger partial charge in [0.15, 0.2) is 6.10 Å². The maximum absolute atomic E-state index is 12.3. The largest absolute Gasteiger partial charge is 0.481 e. The van der Waals surface area contributed by atoms with Gasteiger partial charge in [-0.2, -0.15) is 0 Å². The van der Waals surface area contributed by atoms with Gasteiger partial charge in [0, 0.05) is 12.1 Å². The predicted octanol–water partition coefficient (Wildman–Crippen LogP) is 2.75. The van der Waals surface area contributed by atoms with Gasteiger partial charge in [-0.25, -0.2) is 0 Å². The van der Waals surface area contributed by atoms with Gasteiger partial charge in [0.25, 0.3) is 5.91 Å². The molecule has 1 atom stereocenters. The van der Waals surface area contributed by atoms with E-state index in [2.05, 4.69) is 24.3 Å². The molecule has 1 amide bonds. The lowest BCUT2D eigenvalue weighted by Crippen LogP contribution is -2.52. The van der Waals surface area contributed by atoms with Crippen molar-refractivity contribution in [3.05, 3.63) is 29.8 Å². The molecule has 1 N–H and O–H groups in total. The van der Waals surface area contributed by atoms with Gasteiger partial charge in [-0.15, -0.1) is 0 Å². The molecule has 0 radical (unpaired) electrons. The molecule has 1 fully saturated rings. The third-order valence-electron chi connectivity index (χ3n) is 4.75. The van der Waals surface area contributed by atoms with E-state index in [1.807, 2.05) is 31.2 Å². The topological polar surface area (TPSA) is 41.6 Å². The first-order valence-electron chi connectivity index (χ1n) is 8.11. The molecule has 0 aromatic heterocycles. The third kappa shape index (κ3) is 4.01. The molecule has 2 rings (SSSR count). The van der Waals surface area contributed by atoms with Gasteiger partial charge in [0.2, 0.25) is 0 Å². The monoisotopic (exact) mass is 304 g/mol. The number of aryl methyl sites for hydroxylation is 1. The van der Waals surface area contributed by atoms with Gasteiger partial charge in [0.1, 0.15) is 5.75 Å². The van der Waals surface area contributed by atoms with Crippen LogP contribution in [-0.4, -0.2) is 43.1 Å². The molecule has 0 bridgehead atoms. The molecule has 1 aliphatic rings. The summed E-state index contributed by atoms with van der Waals surface area (Å²) in [5, 5.41) is 3.08. The lowest BCUT2D eigenvalue weighted by Gasteiger charge is -2.36. The van der Waals surface area contributed by atoms with Crippen LogP contribution in [0, 0.1) is 6.92 Å². The third-order valence-corrected chi connectivity index (χ3v) is 4.75. The molecule has 0 aliphatic heterocycles. The number of likely N-dealkylation sites (N-methyl/N-ethyl adjacent to an activating group) is 1. The standard InChI is InChI=1S/C18H28N2O2/c1-14-8-7-9-16(12-14)22-15(2)17(21)19-13-18(20(3)4)10-5-6-11-18/h7-9,12,15H,5-6,10-11,13H2,1-4H3,(H,19,21)/t15-/m0/s1. The summed E-state index contributed by atoms with van der Waals surface area (Å²) in [6.07, 6.45) is 4.29. The molecule has 0 unspecified atom stereocenters. The van der Waals surface area contributed by atoms with Crippen LogP contribution in [0.4, 0.5) is 0 Å². The normalized spacial score (nSPS) is 18.2. The minimum Gasteiger partial charge on any atom is -0.481 e. The van der Waals surface area contributed by atoms with Crippen LogP contribution in [-0.2, 0) is 4.79 Å². The average molecular weight is 304 g/mol. The second-order valence-corrected chi connectivity index (χ2v) is 6.62. The van der Waals surface area contributed by atoms with E-state index in [0.29, 0.717) is 6.54 Å². The van der Waals surface area contributed by atoms with Gasteiger partial charge in [0.05, 0.1) is 0 Å². The van der Waals surface area contributed by atoms with Crippen molar-refractivity contribution in [2.45, 2.75) is 51.2 Å². The van der Waals surface area contributed by atoms with Crippen molar-refractivity contribution in [1.29, 1.82) is 0 Å². The molecule has 0 heterocycles. The number of benzene rings is 1. The van der Waals surface area contributed by atoms with Crippen molar-refractivity contribution in [3.63, 3.8) is 0 Å². The van der Waals surface area contributed by atoms with Crippen molar-refractivity contribution in [1.82, 2.24) is 10.2 Å². The average Bonchev–Trinajstić information content (AvgIpc) is 2.95. The molecule has 1 aromatic carbocycles. The van der Waals surface area contributed by atoms with Crippen LogP contribution in [0.5, 0.6) is 5.75 Å². The highest BCUT2D eigenvalue weighted by atomic mass is 16.5. The fourth-order valence-corrected chi connectivity index (χ4v) is 3.16. The van der Waals surface area contributed by atoms with Crippen molar-refractivity contribution in [3.8, 4) is 5.75 Å². The Kier molecular flexibility index (Phi) is 5.46. The summed E-state index contributed by atoms with van der Waals surface area (Å²) < 4.78 is 5.74. The number of carbonyl (C=O) groups is 1. The van der Waals surface area contributed by atoms with Crippen LogP contribution >= 0.6 is 0 Å². The molecule has 22 heavy (non-hydrogen) atoms. The number of carbonyl (C=O) groups excluding carboxylic acids is 1. The molecular weight excluding hydrogens is 276 g/mol. The van der Waals surface area contributed by atoms with E-state index in [9.17, 15) is 4.79 Å². The Bertz CT molecular complexity index is 508. The Morgan fingerprint density at radius 1 is 1.36 bits per heavy atom. The predicted molar refractivity (Wildman–Crippen MR) is 89.2 cm³/mol. The van der Waals surface area contributed by atoms with Crippen LogP contribution in [0.25, 0.3) is 0 Å². The minimum atomic E-state index is -0.484. The molecule has 1 aromatic rings. The number of ether oxygens (including phenoxy) is 1. The molecular formula is C18H28N2O2. The summed E-state index contributed by atoms with van der Waals surface area (Å²) in [7, 11) is 4.20. The quantitative estimate of drug-likeness (QED) is 0.878. The molecule has 4 heteroatoms. The first-order chi connectivity index (χ1) is 10.4. The summed E-state index contributed by atoms with van der Waals surface area (Å²) in [5.74, 6) is 0.695. The van der Waals surface area contributed by atoms with E-state index in [1.165, 1.54) is 12.8 Å². The zero-order chi connectivity index (χ0) is 16.2. The highest BCUT2D eigenvalue weighted by Crippen LogP contribution is 2.33. The Balaban J connectivity index is 1.88. The second kappa shape index (κ2) is 7.14. The van der Waals surface area contributed by atoms with E-state index >= 15 is 0 Å². The van der Waals surface area contributed by atoms with Crippen LogP contribution in [0.3, 0.4) is 0 Å². The lowest BCUT2D eigenvalue weighted by molar-refractivity contribution is -0.127. The number of rotatable bonds is 6. The van der Waals surface area contributed by atoms with E-state index in [4.69, 9.17) is 4.74 Å². The first kappa shape index (κ1) is 16.8. The van der Waals surface area contributed by atoms with Gasteiger partial charge in [-0.05, 0) is 58.5 Å². The number of amides is 1. The number of nitrogens with zero attached hydrogens (tertiary/aromatic N) is 1. The van der Waals surface area contributed by atoms with Gasteiger partial charge < -0.3 is 15.0 Å². The SMILES string of the molecule is Cc1cccc(O[C@@H](C)C(=O)NCC2(N(C)C)CCCC2)c1. The smallest absolute Gasteiger partial charge is 0.260 e. The number of hydrogen-bond donors (Lipinski definition) is 1. The summed E-state index contributed by atoms with van der Waals surface area (Å²) in [6, 6.07) is 7.78. The molecule has 1 saturated carbocycles. The maximum Gasteiger partial charge on any atom is 0.260 e. The fourth-order valence-electron chi connectivity index (χ4n) is 3.16. The summed E-state index contributed by atoms with van der Waals surface area (Å²) in [5.41, 5.74) is 1.24. The fraction of sp³-hybridized carbons (Fsp3) is 0.611. The van der Waals surface area contributed by atoms with E-state index in [0.717, 1.165) is 24.2 Å². The first-order valence-corrected chi connectivity index (χ1v) is 8.11. The minimum absolute atomic E-state index is 0.0466. The van der Waals surface area contributed by atoms with Crippen LogP contribution < -0.4 is 10.1 Å². The van der Waals surface area contributed by atoms with Gasteiger partial charge in [-0.3, -0.25) is 4.79 Å².